The molecule has 0 saturated heterocycles. The molecule has 4 fully saturated rings. The van der Waals surface area contributed by atoms with Gasteiger partial charge in [0.2, 0.25) is 11.8 Å². The van der Waals surface area contributed by atoms with E-state index in [1.54, 1.807) is 0 Å². The Kier molecular flexibility index (Phi) is 6.43. The van der Waals surface area contributed by atoms with Crippen molar-refractivity contribution in [3.8, 4) is 0 Å². The molecule has 0 aliphatic heterocycles. The molecule has 4 aliphatic rings. The molecule has 4 bridgehead atoms. The van der Waals surface area contributed by atoms with Crippen molar-refractivity contribution < 1.29 is 9.59 Å². The van der Waals surface area contributed by atoms with Crippen LogP contribution in [-0.2, 0) is 22.7 Å². The van der Waals surface area contributed by atoms with Crippen LogP contribution in [0.4, 0.5) is 0 Å². The minimum absolute atomic E-state index is 0.0559. The lowest BCUT2D eigenvalue weighted by Crippen LogP contribution is -2.58. The van der Waals surface area contributed by atoms with Gasteiger partial charge in [0.15, 0.2) is 0 Å². The van der Waals surface area contributed by atoms with Crippen LogP contribution < -0.4 is 10.6 Å². The predicted molar refractivity (Wildman–Crippen MR) is 123 cm³/mol. The van der Waals surface area contributed by atoms with Crippen molar-refractivity contribution in [3.05, 3.63) is 35.4 Å². The third-order valence-electron chi connectivity index (χ3n) is 7.74. The number of amides is 2. The summed E-state index contributed by atoms with van der Waals surface area (Å²) in [5, 5.41) is 6.24. The maximum Gasteiger partial charge on any atom is 0.243 e. The lowest BCUT2D eigenvalue weighted by atomic mass is 9.49. The van der Waals surface area contributed by atoms with Crippen LogP contribution in [0.2, 0.25) is 0 Å². The largest absolute Gasteiger partial charge is 0.350 e. The van der Waals surface area contributed by atoms with E-state index in [4.69, 9.17) is 0 Å². The number of benzene rings is 1. The number of hydrogen-bond acceptors (Lipinski definition) is 3. The average molecular weight is 426 g/mol. The van der Waals surface area contributed by atoms with E-state index in [9.17, 15) is 9.59 Å². The highest BCUT2D eigenvalue weighted by atomic mass is 16.2. The topological polar surface area (TPSA) is 61.4 Å². The molecule has 2 N–H and O–H groups in total. The fraction of sp³-hybridized carbons (Fsp3) is 0.692. The van der Waals surface area contributed by atoms with Crippen LogP contribution in [-0.4, -0.2) is 36.9 Å². The van der Waals surface area contributed by atoms with Gasteiger partial charge >= 0.3 is 0 Å². The minimum Gasteiger partial charge on any atom is -0.350 e. The summed E-state index contributed by atoms with van der Waals surface area (Å²) in [6, 6.07) is 7.87. The van der Waals surface area contributed by atoms with Crippen LogP contribution in [0.5, 0.6) is 0 Å². The Morgan fingerprint density at radius 2 is 1.48 bits per heavy atom. The Morgan fingerprint density at radius 3 is 1.97 bits per heavy atom. The summed E-state index contributed by atoms with van der Waals surface area (Å²) in [7, 11) is 4.11. The van der Waals surface area contributed by atoms with E-state index in [-0.39, 0.29) is 23.1 Å². The van der Waals surface area contributed by atoms with Gasteiger partial charge in [-0.1, -0.05) is 38.1 Å². The summed E-state index contributed by atoms with van der Waals surface area (Å²) in [4.78, 5) is 28.6. The van der Waals surface area contributed by atoms with Gasteiger partial charge in [-0.2, -0.15) is 0 Å². The third kappa shape index (κ3) is 4.97. The predicted octanol–water partition coefficient (Wildman–Crippen LogP) is 3.72. The van der Waals surface area contributed by atoms with Gasteiger partial charge in [-0.05, 0) is 87.4 Å². The van der Waals surface area contributed by atoms with Gasteiger partial charge in [0, 0.05) is 18.5 Å². The van der Waals surface area contributed by atoms with Gasteiger partial charge in [-0.25, -0.2) is 0 Å². The number of carbonyl (C=O) groups excluding carboxylic acids is 2. The molecule has 1 aromatic carbocycles. The van der Waals surface area contributed by atoms with Crippen molar-refractivity contribution in [2.45, 2.75) is 71.5 Å². The molecule has 0 heterocycles. The zero-order chi connectivity index (χ0) is 22.2. The molecule has 0 spiro atoms. The summed E-state index contributed by atoms with van der Waals surface area (Å²) in [5.41, 5.74) is 2.11. The quantitative estimate of drug-likeness (QED) is 0.667. The Morgan fingerprint density at radius 1 is 0.968 bits per heavy atom. The number of nitrogens with zero attached hydrogens (tertiary/aromatic N) is 1. The van der Waals surface area contributed by atoms with E-state index in [2.05, 4.69) is 53.9 Å². The monoisotopic (exact) mass is 425 g/mol. The molecule has 0 aromatic heterocycles. The van der Waals surface area contributed by atoms with Gasteiger partial charge in [0.25, 0.3) is 0 Å². The number of hydrogen-bond donors (Lipinski definition) is 2. The molecule has 2 amide bonds. The average Bonchev–Trinajstić information content (AvgIpc) is 2.69. The van der Waals surface area contributed by atoms with Gasteiger partial charge in [0.05, 0.1) is 0 Å². The molecule has 31 heavy (non-hydrogen) atoms. The van der Waals surface area contributed by atoms with Crippen molar-refractivity contribution in [2.75, 3.05) is 14.1 Å². The number of nitrogens with one attached hydrogen (secondary N) is 2. The first kappa shape index (κ1) is 22.3. The Labute approximate surface area is 187 Å². The number of carbonyl (C=O) groups is 2. The molecule has 0 radical (unpaired) electrons. The summed E-state index contributed by atoms with van der Waals surface area (Å²) in [5.74, 6) is 2.27. The van der Waals surface area contributed by atoms with E-state index in [1.807, 2.05) is 13.8 Å². The van der Waals surface area contributed by atoms with Crippen LogP contribution in [0.15, 0.2) is 24.3 Å². The smallest absolute Gasteiger partial charge is 0.243 e. The molecule has 1 atom stereocenters. The minimum atomic E-state index is -0.478. The highest BCUT2D eigenvalue weighted by Gasteiger charge is 2.55. The molecule has 4 saturated carbocycles. The number of rotatable bonds is 8. The van der Waals surface area contributed by atoms with E-state index in [0.29, 0.717) is 6.54 Å². The lowest BCUT2D eigenvalue weighted by molar-refractivity contribution is -0.149. The summed E-state index contributed by atoms with van der Waals surface area (Å²) < 4.78 is 0. The molecule has 170 valence electrons. The first-order valence-electron chi connectivity index (χ1n) is 12.1. The molecule has 4 aliphatic carbocycles. The Balaban J connectivity index is 1.35. The van der Waals surface area contributed by atoms with Crippen molar-refractivity contribution in [1.29, 1.82) is 0 Å². The molecular formula is C26H39N3O2. The maximum atomic E-state index is 13.4. The molecule has 0 unspecified atom stereocenters. The van der Waals surface area contributed by atoms with Crippen molar-refractivity contribution in [3.63, 3.8) is 0 Å². The second kappa shape index (κ2) is 8.93. The highest BCUT2D eigenvalue weighted by molar-refractivity contribution is 5.90. The third-order valence-corrected chi connectivity index (χ3v) is 7.74. The Bertz CT molecular complexity index is 764. The molecule has 1 aromatic rings. The summed E-state index contributed by atoms with van der Waals surface area (Å²) in [6.07, 6.45) is 7.01. The zero-order valence-electron chi connectivity index (χ0n) is 19.6. The van der Waals surface area contributed by atoms with Crippen LogP contribution >= 0.6 is 0 Å². The summed E-state index contributed by atoms with van der Waals surface area (Å²) >= 11 is 0. The SMILES string of the molecule is CC(C)[C@H](NC(=O)C12CC3CC(CC(C3)C1)C2)C(=O)NCc1ccc(CN(C)C)cc1. The van der Waals surface area contributed by atoms with E-state index < -0.39 is 6.04 Å². The van der Waals surface area contributed by atoms with E-state index in [0.717, 1.165) is 49.1 Å². The zero-order valence-corrected chi connectivity index (χ0v) is 19.6. The first-order valence-corrected chi connectivity index (χ1v) is 12.1. The van der Waals surface area contributed by atoms with Crippen molar-refractivity contribution in [2.24, 2.45) is 29.1 Å². The normalized spacial score (nSPS) is 29.9. The van der Waals surface area contributed by atoms with Crippen LogP contribution in [0, 0.1) is 29.1 Å². The first-order chi connectivity index (χ1) is 14.7. The van der Waals surface area contributed by atoms with Gasteiger partial charge in [0.1, 0.15) is 6.04 Å². The molecule has 5 nitrogen and oxygen atoms in total. The summed E-state index contributed by atoms with van der Waals surface area (Å²) in [6.45, 7) is 5.41. The molecular weight excluding hydrogens is 386 g/mol. The van der Waals surface area contributed by atoms with Crippen molar-refractivity contribution >= 4 is 11.8 Å². The maximum absolute atomic E-state index is 13.4. The second-order valence-electron chi connectivity index (χ2n) is 11.2. The van der Waals surface area contributed by atoms with Gasteiger partial charge in [-0.15, -0.1) is 0 Å². The van der Waals surface area contributed by atoms with Crippen LogP contribution in [0.1, 0.15) is 63.5 Å². The fourth-order valence-corrected chi connectivity index (χ4v) is 6.64. The Hall–Kier alpha value is -1.88. The van der Waals surface area contributed by atoms with Gasteiger partial charge < -0.3 is 15.5 Å². The molecule has 5 rings (SSSR count). The highest BCUT2D eigenvalue weighted by Crippen LogP contribution is 2.60. The standard InChI is InChI=1S/C26H39N3O2/c1-17(2)23(24(30)27-15-18-5-7-19(8-6-18)16-29(3)4)28-25(31)26-12-20-9-21(13-26)11-22(10-20)14-26/h5-8,17,20-23H,9-16H2,1-4H3,(H,27,30)(H,28,31)/t20?,21?,22?,23-,26?/m0/s1. The second-order valence-corrected chi connectivity index (χ2v) is 11.2. The molecule has 5 heteroatoms. The van der Waals surface area contributed by atoms with E-state index in [1.165, 1.54) is 24.8 Å². The van der Waals surface area contributed by atoms with Crippen LogP contribution in [0.25, 0.3) is 0 Å². The van der Waals surface area contributed by atoms with E-state index >= 15 is 0 Å². The van der Waals surface area contributed by atoms with Gasteiger partial charge in [-0.3, -0.25) is 9.59 Å². The lowest BCUT2D eigenvalue weighted by Gasteiger charge is -2.55. The van der Waals surface area contributed by atoms with Crippen molar-refractivity contribution in [1.82, 2.24) is 15.5 Å². The fourth-order valence-electron chi connectivity index (χ4n) is 6.64. The van der Waals surface area contributed by atoms with Crippen LogP contribution in [0.3, 0.4) is 0 Å².